The summed E-state index contributed by atoms with van der Waals surface area (Å²) in [6.07, 6.45) is -1.88. The Kier molecular flexibility index (Phi) is 5.00. The standard InChI is InChI=1S/C19H20O8/c1-23-11-6-5-9(7-10(11)20)17-19(26-4)16(22)14-12(27-17)8-13(24-2)18(25-3)15(14)21/h5-8,17,19-21H,1-4H3. The molecule has 0 spiro atoms. The minimum atomic E-state index is -1.03. The highest BCUT2D eigenvalue weighted by Gasteiger charge is 2.42. The molecule has 2 unspecified atom stereocenters. The van der Waals surface area contributed by atoms with Crippen molar-refractivity contribution in [3.05, 3.63) is 35.4 Å². The number of hydrogen-bond acceptors (Lipinski definition) is 8. The minimum absolute atomic E-state index is 0.0311. The number of methoxy groups -OCH3 is 4. The Bertz CT molecular complexity index is 876. The van der Waals surface area contributed by atoms with Gasteiger partial charge in [-0.1, -0.05) is 6.07 Å². The molecule has 2 aromatic carbocycles. The lowest BCUT2D eigenvalue weighted by Gasteiger charge is -2.32. The van der Waals surface area contributed by atoms with Gasteiger partial charge in [0.15, 0.2) is 35.2 Å². The predicted octanol–water partition coefficient (Wildman–Crippen LogP) is 2.46. The van der Waals surface area contributed by atoms with Gasteiger partial charge in [0.25, 0.3) is 0 Å². The summed E-state index contributed by atoms with van der Waals surface area (Å²) >= 11 is 0. The van der Waals surface area contributed by atoms with Crippen LogP contribution in [0.3, 0.4) is 0 Å². The quantitative estimate of drug-likeness (QED) is 0.820. The molecule has 1 aliphatic heterocycles. The number of benzene rings is 2. The topological polar surface area (TPSA) is 104 Å². The summed E-state index contributed by atoms with van der Waals surface area (Å²) in [4.78, 5) is 13.0. The highest BCUT2D eigenvalue weighted by atomic mass is 16.5. The molecule has 2 aromatic rings. The second-order valence-corrected chi connectivity index (χ2v) is 5.82. The number of phenolic OH excluding ortho intramolecular Hbond substituents is 2. The normalized spacial score (nSPS) is 18.4. The molecule has 8 heteroatoms. The van der Waals surface area contributed by atoms with E-state index in [1.54, 1.807) is 12.1 Å². The maximum Gasteiger partial charge on any atom is 0.204 e. The number of Topliss-reactive ketones (excluding diaryl/α,β-unsaturated/α-hetero) is 1. The Balaban J connectivity index is 2.12. The number of phenols is 2. The summed E-state index contributed by atoms with van der Waals surface area (Å²) in [6.45, 7) is 0. The third-order valence-corrected chi connectivity index (χ3v) is 4.43. The van der Waals surface area contributed by atoms with Crippen molar-refractivity contribution in [3.8, 4) is 34.5 Å². The third kappa shape index (κ3) is 2.97. The van der Waals surface area contributed by atoms with Gasteiger partial charge in [-0.15, -0.1) is 0 Å². The molecule has 0 bridgehead atoms. The summed E-state index contributed by atoms with van der Waals surface area (Å²) in [5.41, 5.74) is 0.460. The average Bonchev–Trinajstić information content (AvgIpc) is 2.67. The molecular weight excluding hydrogens is 356 g/mol. The number of carbonyl (C=O) groups is 1. The summed E-state index contributed by atoms with van der Waals surface area (Å²) in [7, 11) is 5.57. The number of ether oxygens (including phenoxy) is 5. The zero-order chi connectivity index (χ0) is 19.7. The van der Waals surface area contributed by atoms with Crippen LogP contribution < -0.4 is 18.9 Å². The van der Waals surface area contributed by atoms with Crippen molar-refractivity contribution in [2.24, 2.45) is 0 Å². The molecule has 0 saturated carbocycles. The summed E-state index contributed by atoms with van der Waals surface area (Å²) < 4.78 is 26.7. The number of carbonyl (C=O) groups excluding carboxylic acids is 1. The molecule has 0 aliphatic carbocycles. The first-order valence-electron chi connectivity index (χ1n) is 8.05. The molecule has 0 fully saturated rings. The summed E-state index contributed by atoms with van der Waals surface area (Å²) in [5, 5.41) is 20.5. The SMILES string of the molecule is COc1ccc(C2Oc3cc(OC)c(OC)c(O)c3C(=O)C2OC)cc1O. The fraction of sp³-hybridized carbons (Fsp3) is 0.316. The van der Waals surface area contributed by atoms with Gasteiger partial charge < -0.3 is 33.9 Å². The van der Waals surface area contributed by atoms with Crippen LogP contribution >= 0.6 is 0 Å². The van der Waals surface area contributed by atoms with E-state index < -0.39 is 18.0 Å². The maximum absolute atomic E-state index is 13.0. The molecule has 3 rings (SSSR count). The van der Waals surface area contributed by atoms with E-state index in [4.69, 9.17) is 23.7 Å². The highest BCUT2D eigenvalue weighted by molar-refractivity contribution is 6.06. The van der Waals surface area contributed by atoms with Crippen LogP contribution in [0.25, 0.3) is 0 Å². The van der Waals surface area contributed by atoms with Crippen molar-refractivity contribution in [1.29, 1.82) is 0 Å². The molecule has 1 heterocycles. The second kappa shape index (κ2) is 7.24. The number of rotatable bonds is 5. The van der Waals surface area contributed by atoms with Gasteiger partial charge in [0, 0.05) is 13.2 Å². The smallest absolute Gasteiger partial charge is 0.204 e. The predicted molar refractivity (Wildman–Crippen MR) is 94.4 cm³/mol. The van der Waals surface area contributed by atoms with Crippen molar-refractivity contribution in [1.82, 2.24) is 0 Å². The molecule has 0 amide bonds. The molecule has 27 heavy (non-hydrogen) atoms. The van der Waals surface area contributed by atoms with E-state index in [0.29, 0.717) is 11.3 Å². The molecule has 0 aromatic heterocycles. The van der Waals surface area contributed by atoms with Gasteiger partial charge in [-0.3, -0.25) is 4.79 Å². The van der Waals surface area contributed by atoms with E-state index in [0.717, 1.165) is 0 Å². The molecule has 0 saturated heterocycles. The van der Waals surface area contributed by atoms with Crippen LogP contribution in [0.15, 0.2) is 24.3 Å². The van der Waals surface area contributed by atoms with Crippen LogP contribution in [-0.4, -0.2) is 50.5 Å². The average molecular weight is 376 g/mol. The Morgan fingerprint density at radius 3 is 2.22 bits per heavy atom. The van der Waals surface area contributed by atoms with Crippen molar-refractivity contribution in [2.45, 2.75) is 12.2 Å². The van der Waals surface area contributed by atoms with E-state index >= 15 is 0 Å². The van der Waals surface area contributed by atoms with Gasteiger partial charge in [0.2, 0.25) is 11.5 Å². The zero-order valence-corrected chi connectivity index (χ0v) is 15.3. The highest BCUT2D eigenvalue weighted by Crippen LogP contribution is 2.49. The lowest BCUT2D eigenvalue weighted by Crippen LogP contribution is -2.37. The Hall–Kier alpha value is -3.13. The third-order valence-electron chi connectivity index (χ3n) is 4.43. The molecule has 144 valence electrons. The van der Waals surface area contributed by atoms with E-state index in [9.17, 15) is 15.0 Å². The first kappa shape index (κ1) is 18.7. The van der Waals surface area contributed by atoms with Gasteiger partial charge in [-0.25, -0.2) is 0 Å². The fourth-order valence-corrected chi connectivity index (χ4v) is 3.12. The monoisotopic (exact) mass is 376 g/mol. The van der Waals surface area contributed by atoms with E-state index in [1.807, 2.05) is 0 Å². The van der Waals surface area contributed by atoms with E-state index in [2.05, 4.69) is 0 Å². The molecule has 0 radical (unpaired) electrons. The van der Waals surface area contributed by atoms with Gasteiger partial charge >= 0.3 is 0 Å². The minimum Gasteiger partial charge on any atom is -0.504 e. The summed E-state index contributed by atoms with van der Waals surface area (Å²) in [6, 6.07) is 6.13. The van der Waals surface area contributed by atoms with Crippen molar-refractivity contribution in [3.63, 3.8) is 0 Å². The van der Waals surface area contributed by atoms with Crippen LogP contribution in [0.5, 0.6) is 34.5 Å². The van der Waals surface area contributed by atoms with Crippen LogP contribution in [0.1, 0.15) is 22.0 Å². The van der Waals surface area contributed by atoms with Crippen molar-refractivity contribution < 1.29 is 38.7 Å². The number of ketones is 1. The van der Waals surface area contributed by atoms with Crippen LogP contribution in [0, 0.1) is 0 Å². The molecular formula is C19H20O8. The molecule has 1 aliphatic rings. The molecule has 8 nitrogen and oxygen atoms in total. The number of fused-ring (bicyclic) bond motifs is 1. The van der Waals surface area contributed by atoms with Gasteiger partial charge in [0.1, 0.15) is 11.3 Å². The van der Waals surface area contributed by atoms with E-state index in [-0.39, 0.29) is 34.3 Å². The first-order valence-corrected chi connectivity index (χ1v) is 8.05. The van der Waals surface area contributed by atoms with Gasteiger partial charge in [-0.2, -0.15) is 0 Å². The van der Waals surface area contributed by atoms with Gasteiger partial charge in [-0.05, 0) is 17.7 Å². The number of aromatic hydroxyl groups is 2. The molecule has 2 N–H and O–H groups in total. The maximum atomic E-state index is 13.0. The Morgan fingerprint density at radius 1 is 0.963 bits per heavy atom. The zero-order valence-electron chi connectivity index (χ0n) is 15.3. The number of hydrogen-bond donors (Lipinski definition) is 2. The largest absolute Gasteiger partial charge is 0.504 e. The lowest BCUT2D eigenvalue weighted by molar-refractivity contribution is -0.00127. The van der Waals surface area contributed by atoms with Gasteiger partial charge in [0.05, 0.1) is 21.3 Å². The van der Waals surface area contributed by atoms with Crippen molar-refractivity contribution in [2.75, 3.05) is 28.4 Å². The first-order chi connectivity index (χ1) is 13.0. The van der Waals surface area contributed by atoms with E-state index in [1.165, 1.54) is 40.6 Å². The lowest BCUT2D eigenvalue weighted by atomic mass is 9.92. The Morgan fingerprint density at radius 2 is 1.67 bits per heavy atom. The van der Waals surface area contributed by atoms with Crippen molar-refractivity contribution >= 4 is 5.78 Å². The Labute approximate surface area is 155 Å². The summed E-state index contributed by atoms with van der Waals surface area (Å²) in [5.74, 6) is -0.283. The molecule has 2 atom stereocenters. The van der Waals surface area contributed by atoms with Crippen LogP contribution in [0.2, 0.25) is 0 Å². The van der Waals surface area contributed by atoms with Crippen LogP contribution in [0.4, 0.5) is 0 Å². The van der Waals surface area contributed by atoms with Crippen LogP contribution in [-0.2, 0) is 4.74 Å². The fourth-order valence-electron chi connectivity index (χ4n) is 3.12. The second-order valence-electron chi connectivity index (χ2n) is 5.82.